The van der Waals surface area contributed by atoms with E-state index in [1.807, 2.05) is 38.1 Å². The average molecular weight is 449 g/mol. The number of hydrogen-bond donors (Lipinski definition) is 1. The number of hydrogen-bond acceptors (Lipinski definition) is 5. The van der Waals surface area contributed by atoms with E-state index in [1.54, 1.807) is 24.3 Å². The number of carbonyl (C=O) groups excluding carboxylic acids is 2. The summed E-state index contributed by atoms with van der Waals surface area (Å²) in [5, 5.41) is 3.45. The van der Waals surface area contributed by atoms with E-state index in [-0.39, 0.29) is 17.8 Å². The molecule has 0 radical (unpaired) electrons. The minimum atomic E-state index is -0.638. The normalized spacial score (nSPS) is 16.5. The number of amidine groups is 1. The van der Waals surface area contributed by atoms with Crippen molar-refractivity contribution in [1.82, 2.24) is 4.90 Å². The third-order valence-electron chi connectivity index (χ3n) is 4.25. The molecule has 1 unspecified atom stereocenters. The van der Waals surface area contributed by atoms with Gasteiger partial charge in [0.2, 0.25) is 5.84 Å². The lowest BCUT2D eigenvalue weighted by molar-refractivity contribution is -0.111. The van der Waals surface area contributed by atoms with E-state index in [9.17, 15) is 9.59 Å². The maximum atomic E-state index is 12.9. The van der Waals surface area contributed by atoms with Gasteiger partial charge in [-0.2, -0.15) is 0 Å². The van der Waals surface area contributed by atoms with Crippen molar-refractivity contribution in [1.29, 1.82) is 0 Å². The molecular formula is C21H22Cl2N4O3. The Kier molecular flexibility index (Phi) is 6.84. The highest BCUT2D eigenvalue weighted by Gasteiger charge is 2.42. The van der Waals surface area contributed by atoms with Gasteiger partial charge < -0.3 is 10.1 Å². The minimum Gasteiger partial charge on any atom is -0.491 e. The van der Waals surface area contributed by atoms with Gasteiger partial charge in [-0.1, -0.05) is 29.8 Å². The Hall–Kier alpha value is -2.77. The number of nitrogens with zero attached hydrogens (tertiary/aromatic N) is 3. The highest BCUT2D eigenvalue weighted by molar-refractivity contribution is 6.55. The Balaban J connectivity index is 1.84. The molecule has 0 saturated carbocycles. The van der Waals surface area contributed by atoms with Gasteiger partial charge in [0, 0.05) is 18.8 Å². The number of nitrogens with one attached hydrogen (secondary N) is 1. The summed E-state index contributed by atoms with van der Waals surface area (Å²) in [6.45, 7) is 3.88. The van der Waals surface area contributed by atoms with Crippen LogP contribution < -0.4 is 15.0 Å². The number of benzene rings is 2. The van der Waals surface area contributed by atoms with E-state index < -0.39 is 18.1 Å². The highest BCUT2D eigenvalue weighted by Crippen LogP contribution is 2.29. The van der Waals surface area contributed by atoms with Gasteiger partial charge >= 0.3 is 11.9 Å². The summed E-state index contributed by atoms with van der Waals surface area (Å²) in [6.07, 6.45) is -0.600. The molecule has 1 fully saturated rings. The second-order valence-electron chi connectivity index (χ2n) is 6.90. The molecule has 1 N–H and O–H groups in total. The van der Waals surface area contributed by atoms with Crippen LogP contribution in [0.15, 0.2) is 53.5 Å². The molecule has 30 heavy (non-hydrogen) atoms. The summed E-state index contributed by atoms with van der Waals surface area (Å²) >= 11 is 12.3. The van der Waals surface area contributed by atoms with Crippen molar-refractivity contribution in [2.75, 3.05) is 23.1 Å². The molecule has 0 aliphatic carbocycles. The first-order valence-corrected chi connectivity index (χ1v) is 10.3. The lowest BCUT2D eigenvalue weighted by Gasteiger charge is -2.16. The average Bonchev–Trinajstić information content (AvgIpc) is 2.91. The lowest BCUT2D eigenvalue weighted by atomic mass is 10.3. The van der Waals surface area contributed by atoms with Gasteiger partial charge in [0.05, 0.1) is 22.7 Å². The number of para-hydroxylation sites is 1. The molecule has 0 spiro atoms. The molecule has 1 saturated heterocycles. The summed E-state index contributed by atoms with van der Waals surface area (Å²) < 4.78 is 5.69. The number of amides is 3. The number of urea groups is 1. The van der Waals surface area contributed by atoms with Gasteiger partial charge in [-0.25, -0.2) is 14.7 Å². The monoisotopic (exact) mass is 448 g/mol. The molecule has 9 heteroatoms. The fraction of sp³-hybridized carbons (Fsp3) is 0.286. The molecule has 3 amide bonds. The third-order valence-corrected chi connectivity index (χ3v) is 4.86. The molecule has 7 nitrogen and oxygen atoms in total. The number of likely N-dealkylation sites (N-methyl/N-ethyl adjacent to an activating group) is 1. The maximum Gasteiger partial charge on any atom is 0.337 e. The fourth-order valence-corrected chi connectivity index (χ4v) is 3.30. The van der Waals surface area contributed by atoms with Crippen LogP contribution in [0.3, 0.4) is 0 Å². The van der Waals surface area contributed by atoms with Crippen LogP contribution in [0.2, 0.25) is 5.02 Å². The predicted molar refractivity (Wildman–Crippen MR) is 120 cm³/mol. The first-order chi connectivity index (χ1) is 14.3. The van der Waals surface area contributed by atoms with Crippen LogP contribution in [0.1, 0.15) is 13.8 Å². The molecule has 2 aromatic carbocycles. The van der Waals surface area contributed by atoms with E-state index in [0.29, 0.717) is 16.5 Å². The van der Waals surface area contributed by atoms with Crippen molar-refractivity contribution in [3.63, 3.8) is 0 Å². The molecule has 1 heterocycles. The second kappa shape index (κ2) is 9.36. The molecule has 1 atom stereocenters. The molecular weight excluding hydrogens is 427 g/mol. The molecule has 158 valence electrons. The summed E-state index contributed by atoms with van der Waals surface area (Å²) in [6, 6.07) is 13.5. The van der Waals surface area contributed by atoms with E-state index in [4.69, 9.17) is 27.9 Å². The molecule has 3 rings (SSSR count). The smallest absolute Gasteiger partial charge is 0.337 e. The summed E-state index contributed by atoms with van der Waals surface area (Å²) in [4.78, 5) is 32.2. The third kappa shape index (κ3) is 4.68. The zero-order valence-corrected chi connectivity index (χ0v) is 18.3. The second-order valence-corrected chi connectivity index (χ2v) is 7.61. The van der Waals surface area contributed by atoms with Gasteiger partial charge in [0.1, 0.15) is 11.9 Å². The topological polar surface area (TPSA) is 74.2 Å². The molecule has 1 aliphatic heterocycles. The van der Waals surface area contributed by atoms with Gasteiger partial charge in [0.15, 0.2) is 0 Å². The zero-order chi connectivity index (χ0) is 21.8. The standard InChI is InChI=1S/C21H22Cl2N4O3/c1-13(2)30-15-8-6-7-14(11-15)24-18(12-22)25-19-20(28)27(21(29)26(19)3)17-10-5-4-9-16(17)23/h4-11,13,18,24H,12H2,1-3H3. The van der Waals surface area contributed by atoms with Crippen molar-refractivity contribution in [2.24, 2.45) is 4.99 Å². The number of alkyl halides is 1. The van der Waals surface area contributed by atoms with E-state index in [2.05, 4.69) is 10.3 Å². The Morgan fingerprint density at radius 3 is 2.53 bits per heavy atom. The quantitative estimate of drug-likeness (QED) is 0.495. The summed E-state index contributed by atoms with van der Waals surface area (Å²) in [5.41, 5.74) is 1.03. The molecule has 2 aromatic rings. The molecule has 0 aromatic heterocycles. The van der Waals surface area contributed by atoms with Crippen molar-refractivity contribution in [3.8, 4) is 5.75 Å². The Morgan fingerprint density at radius 1 is 1.13 bits per heavy atom. The van der Waals surface area contributed by atoms with E-state index in [1.165, 1.54) is 11.9 Å². The van der Waals surface area contributed by atoms with Crippen molar-refractivity contribution < 1.29 is 14.3 Å². The lowest BCUT2D eigenvalue weighted by Crippen LogP contribution is -2.31. The minimum absolute atomic E-state index is 0.0207. The SMILES string of the molecule is CC(C)Oc1cccc(NC(CCl)N=C2C(=O)N(c3ccccc3Cl)C(=O)N2C)c1. The van der Waals surface area contributed by atoms with E-state index in [0.717, 1.165) is 10.6 Å². The van der Waals surface area contributed by atoms with Crippen LogP contribution in [-0.2, 0) is 4.79 Å². The first-order valence-electron chi connectivity index (χ1n) is 9.35. The Morgan fingerprint density at radius 2 is 1.87 bits per heavy atom. The van der Waals surface area contributed by atoms with Crippen LogP contribution in [-0.4, -0.2) is 47.9 Å². The summed E-state index contributed by atoms with van der Waals surface area (Å²) in [5.74, 6) is 0.197. The fourth-order valence-electron chi connectivity index (χ4n) is 2.93. The van der Waals surface area contributed by atoms with Gasteiger partial charge in [-0.05, 0) is 38.1 Å². The number of ether oxygens (including phenoxy) is 1. The Bertz CT molecular complexity index is 980. The largest absolute Gasteiger partial charge is 0.491 e. The number of carbonyl (C=O) groups is 2. The number of imide groups is 1. The Labute approximate surface area is 185 Å². The molecule has 1 aliphatic rings. The maximum absolute atomic E-state index is 12.9. The van der Waals surface area contributed by atoms with Gasteiger partial charge in [-0.3, -0.25) is 9.69 Å². The number of anilines is 2. The zero-order valence-electron chi connectivity index (χ0n) is 16.8. The molecule has 0 bridgehead atoms. The van der Waals surface area contributed by atoms with E-state index >= 15 is 0 Å². The van der Waals surface area contributed by atoms with Crippen molar-refractivity contribution >= 4 is 52.4 Å². The van der Waals surface area contributed by atoms with Gasteiger partial charge in [-0.15, -0.1) is 11.6 Å². The van der Waals surface area contributed by atoms with Crippen LogP contribution in [0.25, 0.3) is 0 Å². The van der Waals surface area contributed by atoms with Crippen molar-refractivity contribution in [2.45, 2.75) is 26.1 Å². The van der Waals surface area contributed by atoms with Crippen molar-refractivity contribution in [3.05, 3.63) is 53.6 Å². The van der Waals surface area contributed by atoms with Crippen LogP contribution >= 0.6 is 23.2 Å². The predicted octanol–water partition coefficient (Wildman–Crippen LogP) is 4.60. The highest BCUT2D eigenvalue weighted by atomic mass is 35.5. The van der Waals surface area contributed by atoms with Crippen LogP contribution in [0, 0.1) is 0 Å². The first kappa shape index (κ1) is 21.9. The summed E-state index contributed by atoms with van der Waals surface area (Å²) in [7, 11) is 1.48. The number of rotatable bonds is 7. The number of halogens is 2. The van der Waals surface area contributed by atoms with Crippen LogP contribution in [0.5, 0.6) is 5.75 Å². The number of aliphatic imine (C=N–C) groups is 1. The van der Waals surface area contributed by atoms with Gasteiger partial charge in [0.25, 0.3) is 0 Å². The van der Waals surface area contributed by atoms with Crippen LogP contribution in [0.4, 0.5) is 16.2 Å².